The Morgan fingerprint density at radius 2 is 2.06 bits per heavy atom. The van der Waals surface area contributed by atoms with Crippen LogP contribution in [0, 0.1) is 0 Å². The lowest BCUT2D eigenvalue weighted by Crippen LogP contribution is -2.29. The molecule has 0 saturated carbocycles. The van der Waals surface area contributed by atoms with E-state index in [0.29, 0.717) is 45.7 Å². The van der Waals surface area contributed by atoms with Crippen molar-refractivity contribution in [2.24, 2.45) is 0 Å². The van der Waals surface area contributed by atoms with Gasteiger partial charge in [-0.25, -0.2) is 4.98 Å². The van der Waals surface area contributed by atoms with Gasteiger partial charge in [0.2, 0.25) is 0 Å². The molecule has 0 atom stereocenters. The summed E-state index contributed by atoms with van der Waals surface area (Å²) in [7, 11) is 1.48. The minimum Gasteiger partial charge on any atom is -0.504 e. The van der Waals surface area contributed by atoms with E-state index in [2.05, 4.69) is 4.98 Å². The normalized spacial score (nSPS) is 15.0. The van der Waals surface area contributed by atoms with Crippen molar-refractivity contribution in [2.45, 2.75) is 25.7 Å². The summed E-state index contributed by atoms with van der Waals surface area (Å²) in [5.41, 5.74) is 2.08. The van der Waals surface area contributed by atoms with Crippen molar-refractivity contribution in [3.63, 3.8) is 0 Å². The molecule has 0 aliphatic carbocycles. The Bertz CT molecular complexity index is 1040. The number of ether oxygens (including phenoxy) is 1. The Morgan fingerprint density at radius 1 is 1.26 bits per heavy atom. The van der Waals surface area contributed by atoms with E-state index in [4.69, 9.17) is 22.1 Å². The number of rotatable bonds is 9. The van der Waals surface area contributed by atoms with Gasteiger partial charge in [-0.1, -0.05) is 36.5 Å². The number of unbranched alkanes of at least 4 members (excludes halogenated alkanes) is 2. The number of hydrogen-bond donors (Lipinski definition) is 2. The topological polar surface area (TPSA) is 100.0 Å². The number of carboxylic acids is 1. The summed E-state index contributed by atoms with van der Waals surface area (Å²) < 4.78 is 5.65. The van der Waals surface area contributed by atoms with Crippen LogP contribution in [0.5, 0.6) is 11.5 Å². The molecule has 1 aliphatic heterocycles. The standard InChI is InChI=1S/C22H22N2O5S2/c1-29-18-12-14(9-10-17(18)25)16-7-5-6-15(23-16)13-19-21(28)24(22(30)31-19)11-4-2-3-8-20(26)27/h5-7,9-10,12-13,25H,2-4,8,11H2,1H3,(H,26,27)/b19-13-. The van der Waals surface area contributed by atoms with Crippen LogP contribution in [0.4, 0.5) is 0 Å². The molecule has 1 aliphatic rings. The van der Waals surface area contributed by atoms with E-state index < -0.39 is 5.97 Å². The number of aromatic nitrogens is 1. The van der Waals surface area contributed by atoms with Crippen LogP contribution in [0.25, 0.3) is 17.3 Å². The Balaban J connectivity index is 1.71. The maximum atomic E-state index is 12.8. The van der Waals surface area contributed by atoms with Crippen LogP contribution in [0.3, 0.4) is 0 Å². The summed E-state index contributed by atoms with van der Waals surface area (Å²) in [5, 5.41) is 18.5. The smallest absolute Gasteiger partial charge is 0.303 e. The number of hydrogen-bond acceptors (Lipinski definition) is 7. The summed E-state index contributed by atoms with van der Waals surface area (Å²) in [6, 6.07) is 10.5. The number of carbonyl (C=O) groups is 2. The highest BCUT2D eigenvalue weighted by Gasteiger charge is 2.31. The van der Waals surface area contributed by atoms with Crippen molar-refractivity contribution in [3.8, 4) is 22.8 Å². The lowest BCUT2D eigenvalue weighted by Gasteiger charge is -2.13. The number of amides is 1. The van der Waals surface area contributed by atoms with Crippen molar-refractivity contribution >= 4 is 46.3 Å². The summed E-state index contributed by atoms with van der Waals surface area (Å²) >= 11 is 6.58. The molecule has 0 spiro atoms. The third-order valence-corrected chi connectivity index (χ3v) is 6.05. The van der Waals surface area contributed by atoms with E-state index in [1.54, 1.807) is 35.2 Å². The van der Waals surface area contributed by atoms with Crippen LogP contribution in [0.1, 0.15) is 31.4 Å². The number of aromatic hydroxyl groups is 1. The average Bonchev–Trinajstić information content (AvgIpc) is 3.01. The molecular formula is C22H22N2O5S2. The van der Waals surface area contributed by atoms with Gasteiger partial charge in [0.1, 0.15) is 4.32 Å². The number of phenols is 1. The number of pyridine rings is 1. The predicted octanol–water partition coefficient (Wildman–Crippen LogP) is 4.31. The molecule has 1 amide bonds. The zero-order valence-corrected chi connectivity index (χ0v) is 18.5. The Kier molecular flexibility index (Phi) is 7.64. The molecule has 2 aromatic rings. The van der Waals surface area contributed by atoms with Crippen molar-refractivity contribution < 1.29 is 24.5 Å². The van der Waals surface area contributed by atoms with Gasteiger partial charge in [-0.3, -0.25) is 14.5 Å². The molecule has 0 unspecified atom stereocenters. The number of thioether (sulfide) groups is 1. The molecule has 31 heavy (non-hydrogen) atoms. The number of benzene rings is 1. The molecule has 1 aromatic carbocycles. The molecule has 2 N–H and O–H groups in total. The van der Waals surface area contributed by atoms with E-state index in [1.165, 1.54) is 18.9 Å². The van der Waals surface area contributed by atoms with Crippen molar-refractivity contribution in [3.05, 3.63) is 47.0 Å². The van der Waals surface area contributed by atoms with E-state index in [0.717, 1.165) is 12.0 Å². The average molecular weight is 459 g/mol. The minimum absolute atomic E-state index is 0.0500. The molecule has 3 rings (SSSR count). The van der Waals surface area contributed by atoms with Gasteiger partial charge in [0, 0.05) is 18.5 Å². The number of carboxylic acid groups (broad SMARTS) is 1. The molecule has 1 aromatic heterocycles. The van der Waals surface area contributed by atoms with Crippen LogP contribution >= 0.6 is 24.0 Å². The number of phenolic OH excluding ortho intramolecular Hbond substituents is 1. The van der Waals surface area contributed by atoms with Crippen molar-refractivity contribution in [1.82, 2.24) is 9.88 Å². The summed E-state index contributed by atoms with van der Waals surface area (Å²) in [5.74, 6) is -0.566. The maximum Gasteiger partial charge on any atom is 0.303 e. The molecule has 7 nitrogen and oxygen atoms in total. The third kappa shape index (κ3) is 5.83. The van der Waals surface area contributed by atoms with Crippen LogP contribution in [0.2, 0.25) is 0 Å². The number of carbonyl (C=O) groups excluding carboxylic acids is 1. The molecule has 9 heteroatoms. The van der Waals surface area contributed by atoms with E-state index >= 15 is 0 Å². The van der Waals surface area contributed by atoms with Gasteiger partial charge in [-0.15, -0.1) is 0 Å². The molecule has 162 valence electrons. The first-order chi connectivity index (χ1) is 14.9. The van der Waals surface area contributed by atoms with Crippen LogP contribution in [0.15, 0.2) is 41.3 Å². The Labute approximate surface area is 189 Å². The largest absolute Gasteiger partial charge is 0.504 e. The van der Waals surface area contributed by atoms with Crippen LogP contribution < -0.4 is 4.74 Å². The van der Waals surface area contributed by atoms with Gasteiger partial charge in [0.25, 0.3) is 5.91 Å². The highest BCUT2D eigenvalue weighted by molar-refractivity contribution is 8.26. The number of thiocarbonyl (C=S) groups is 1. The minimum atomic E-state index is -0.811. The quantitative estimate of drug-likeness (QED) is 0.326. The van der Waals surface area contributed by atoms with Crippen LogP contribution in [-0.2, 0) is 9.59 Å². The lowest BCUT2D eigenvalue weighted by atomic mass is 10.1. The summed E-state index contributed by atoms with van der Waals surface area (Å²) in [6.45, 7) is 0.475. The summed E-state index contributed by atoms with van der Waals surface area (Å²) in [4.78, 5) is 30.0. The Hall–Kier alpha value is -2.91. The fourth-order valence-corrected chi connectivity index (χ4v) is 4.37. The molecule has 0 radical (unpaired) electrons. The third-order valence-electron chi connectivity index (χ3n) is 4.67. The van der Waals surface area contributed by atoms with Gasteiger partial charge in [0.05, 0.1) is 23.4 Å². The number of nitrogens with zero attached hydrogens (tertiary/aromatic N) is 2. The predicted molar refractivity (Wildman–Crippen MR) is 124 cm³/mol. The number of methoxy groups -OCH3 is 1. The monoisotopic (exact) mass is 458 g/mol. The van der Waals surface area contributed by atoms with Crippen LogP contribution in [-0.4, -0.2) is 49.9 Å². The molecular weight excluding hydrogens is 436 g/mol. The SMILES string of the molecule is COc1cc(-c2cccc(/C=C3\SC(=S)N(CCCCCC(=O)O)C3=O)n2)ccc1O. The van der Waals surface area contributed by atoms with E-state index in [9.17, 15) is 14.7 Å². The van der Waals surface area contributed by atoms with E-state index in [-0.39, 0.29) is 18.1 Å². The van der Waals surface area contributed by atoms with Gasteiger partial charge >= 0.3 is 5.97 Å². The van der Waals surface area contributed by atoms with Gasteiger partial charge in [-0.05, 0) is 49.2 Å². The highest BCUT2D eigenvalue weighted by Crippen LogP contribution is 2.34. The fraction of sp³-hybridized carbons (Fsp3) is 0.273. The van der Waals surface area contributed by atoms with E-state index in [1.807, 2.05) is 12.1 Å². The van der Waals surface area contributed by atoms with Crippen molar-refractivity contribution in [2.75, 3.05) is 13.7 Å². The second kappa shape index (κ2) is 10.4. The fourth-order valence-electron chi connectivity index (χ4n) is 3.08. The van der Waals surface area contributed by atoms with Gasteiger partial charge in [0.15, 0.2) is 11.5 Å². The zero-order valence-electron chi connectivity index (χ0n) is 16.9. The molecule has 2 heterocycles. The highest BCUT2D eigenvalue weighted by atomic mass is 32.2. The molecule has 1 saturated heterocycles. The first kappa shape index (κ1) is 22.8. The number of aliphatic carboxylic acids is 1. The first-order valence-electron chi connectivity index (χ1n) is 9.70. The lowest BCUT2D eigenvalue weighted by molar-refractivity contribution is -0.137. The van der Waals surface area contributed by atoms with Crippen molar-refractivity contribution in [1.29, 1.82) is 0 Å². The zero-order chi connectivity index (χ0) is 22.4. The van der Waals surface area contributed by atoms with Gasteiger partial charge in [-0.2, -0.15) is 0 Å². The Morgan fingerprint density at radius 3 is 2.81 bits per heavy atom. The second-order valence-corrected chi connectivity index (χ2v) is 8.55. The van der Waals surface area contributed by atoms with Gasteiger partial charge < -0.3 is 14.9 Å². The maximum absolute atomic E-state index is 12.8. The summed E-state index contributed by atoms with van der Waals surface area (Å²) in [6.07, 6.45) is 3.85. The molecule has 1 fully saturated rings. The second-order valence-electron chi connectivity index (χ2n) is 6.87. The first-order valence-corrected chi connectivity index (χ1v) is 10.9. The molecule has 0 bridgehead atoms.